The first-order valence-electron chi connectivity index (χ1n) is 16.2. The molecule has 0 aromatic heterocycles. The quantitative estimate of drug-likeness (QED) is 0.175. The summed E-state index contributed by atoms with van der Waals surface area (Å²) in [6, 6.07) is 0. The van der Waals surface area contributed by atoms with E-state index in [1.807, 2.05) is 0 Å². The summed E-state index contributed by atoms with van der Waals surface area (Å²) < 4.78 is 40.8. The SMILES string of the molecule is COC(=O)C=C1C[C@H]2C[C@H]([C@@H](C)O)OC(=O)C[C@H](O)C[C@@H]3CCC[C@H](C[C@@H]4CCO[C@H](C=CC(C)(C)[C@](O)(O2)[C@H]1OC(C)=O)O4)O3. The van der Waals surface area contributed by atoms with Crippen molar-refractivity contribution in [2.75, 3.05) is 13.7 Å². The predicted octanol–water partition coefficient (Wildman–Crippen LogP) is 2.37. The summed E-state index contributed by atoms with van der Waals surface area (Å²) in [6.45, 7) is 6.43. The van der Waals surface area contributed by atoms with Crippen molar-refractivity contribution in [3.8, 4) is 0 Å². The standard InChI is InChI=1S/C33H50O13/c1-19(34)27-18-26-13-21(14-28(37)40-5)31(42-20(2)35)33(39,46-26)32(3,4)11-9-30-41-12-10-25(44-30)17-24-8-6-7-23(43-24)15-22(36)16-29(38)45-27/h9,11,14,19,22-27,30-31,34,36,39H,6-8,10,12-13,15-18H2,1-5H3/t19-,22-,23+,24-,25+,26+,27-,30+,31+,33-/m1/s1. The van der Waals surface area contributed by atoms with E-state index in [1.54, 1.807) is 26.0 Å². The molecule has 0 unspecified atom stereocenters. The fraction of sp³-hybridized carbons (Fsp3) is 0.788. The minimum Gasteiger partial charge on any atom is -0.466 e. The number of esters is 3. The van der Waals surface area contributed by atoms with Crippen LogP contribution in [0.25, 0.3) is 0 Å². The Morgan fingerprint density at radius 2 is 1.74 bits per heavy atom. The summed E-state index contributed by atoms with van der Waals surface area (Å²) in [5, 5.41) is 33.7. The second kappa shape index (κ2) is 15.7. The van der Waals surface area contributed by atoms with Crippen LogP contribution in [0, 0.1) is 5.41 Å². The molecule has 0 saturated carbocycles. The van der Waals surface area contributed by atoms with Gasteiger partial charge in [-0.3, -0.25) is 9.59 Å². The van der Waals surface area contributed by atoms with Crippen molar-refractivity contribution in [1.29, 1.82) is 0 Å². The van der Waals surface area contributed by atoms with Gasteiger partial charge in [-0.25, -0.2) is 4.79 Å². The molecule has 3 saturated heterocycles. The molecule has 0 spiro atoms. The van der Waals surface area contributed by atoms with Gasteiger partial charge in [0.2, 0.25) is 5.79 Å². The van der Waals surface area contributed by atoms with Crippen LogP contribution in [0.4, 0.5) is 0 Å². The minimum absolute atomic E-state index is 0.0186. The molecule has 10 atom stereocenters. The van der Waals surface area contributed by atoms with Gasteiger partial charge in [0.1, 0.15) is 6.10 Å². The van der Waals surface area contributed by atoms with Gasteiger partial charge in [0.15, 0.2) is 12.4 Å². The van der Waals surface area contributed by atoms with Crippen molar-refractivity contribution < 1.29 is 62.9 Å². The molecule has 13 heteroatoms. The number of ether oxygens (including phenoxy) is 7. The van der Waals surface area contributed by atoms with Crippen molar-refractivity contribution in [1.82, 2.24) is 0 Å². The van der Waals surface area contributed by atoms with Gasteiger partial charge < -0.3 is 48.5 Å². The number of aliphatic hydroxyl groups excluding tert-OH is 2. The summed E-state index contributed by atoms with van der Waals surface area (Å²) in [4.78, 5) is 37.7. The average Bonchev–Trinajstić information content (AvgIpc) is 2.97. The third kappa shape index (κ3) is 9.36. The van der Waals surface area contributed by atoms with E-state index >= 15 is 0 Å². The monoisotopic (exact) mass is 654 g/mol. The number of methoxy groups -OCH3 is 1. The van der Waals surface area contributed by atoms with Gasteiger partial charge in [-0.2, -0.15) is 0 Å². The first-order valence-corrected chi connectivity index (χ1v) is 16.2. The van der Waals surface area contributed by atoms with Gasteiger partial charge in [0, 0.05) is 31.3 Å². The van der Waals surface area contributed by atoms with E-state index in [1.165, 1.54) is 21.0 Å². The zero-order valence-corrected chi connectivity index (χ0v) is 27.4. The number of hydrogen-bond donors (Lipinski definition) is 3. The molecule has 260 valence electrons. The number of carbonyl (C=O) groups excluding carboxylic acids is 3. The minimum atomic E-state index is -2.25. The molecule has 0 radical (unpaired) electrons. The lowest BCUT2D eigenvalue weighted by Crippen LogP contribution is -2.62. The number of fused-ring (bicyclic) bond motifs is 6. The molecule has 13 nitrogen and oxygen atoms in total. The van der Waals surface area contributed by atoms with Crippen LogP contribution in [0.2, 0.25) is 0 Å². The Hall–Kier alpha value is -2.39. The smallest absolute Gasteiger partial charge is 0.330 e. The Bertz CT molecular complexity index is 1130. The highest BCUT2D eigenvalue weighted by Gasteiger charge is 2.57. The van der Waals surface area contributed by atoms with E-state index in [9.17, 15) is 29.7 Å². The fourth-order valence-electron chi connectivity index (χ4n) is 6.61. The predicted molar refractivity (Wildman–Crippen MR) is 161 cm³/mol. The van der Waals surface area contributed by atoms with E-state index in [0.717, 1.165) is 25.3 Å². The number of aliphatic hydroxyl groups is 3. The number of cyclic esters (lactones) is 1. The average molecular weight is 655 g/mol. The first-order chi connectivity index (χ1) is 21.7. The van der Waals surface area contributed by atoms with Crippen LogP contribution >= 0.6 is 0 Å². The van der Waals surface area contributed by atoms with Gasteiger partial charge >= 0.3 is 17.9 Å². The molecule has 0 aromatic rings. The van der Waals surface area contributed by atoms with E-state index in [4.69, 9.17) is 33.2 Å². The normalized spacial score (nSPS) is 39.0. The molecule has 4 heterocycles. The Morgan fingerprint density at radius 3 is 2.41 bits per heavy atom. The largest absolute Gasteiger partial charge is 0.466 e. The molecule has 6 bridgehead atoms. The molecule has 4 rings (SSSR count). The Balaban J connectivity index is 1.72. The second-order valence-corrected chi connectivity index (χ2v) is 13.4. The van der Waals surface area contributed by atoms with Crippen LogP contribution in [-0.2, 0) is 47.5 Å². The summed E-state index contributed by atoms with van der Waals surface area (Å²) in [7, 11) is 1.20. The first kappa shape index (κ1) is 36.4. The van der Waals surface area contributed by atoms with Crippen LogP contribution in [0.15, 0.2) is 23.8 Å². The van der Waals surface area contributed by atoms with Gasteiger partial charge in [-0.05, 0) is 57.1 Å². The number of carbonyl (C=O) groups is 3. The van der Waals surface area contributed by atoms with Crippen molar-refractivity contribution in [3.63, 3.8) is 0 Å². The van der Waals surface area contributed by atoms with Crippen LogP contribution in [0.1, 0.15) is 85.5 Å². The van der Waals surface area contributed by atoms with Crippen LogP contribution in [-0.4, -0.2) is 108 Å². The number of rotatable bonds is 3. The van der Waals surface area contributed by atoms with E-state index < -0.39 is 65.9 Å². The summed E-state index contributed by atoms with van der Waals surface area (Å²) in [6.07, 6.45) is 1.43. The zero-order valence-electron chi connectivity index (χ0n) is 27.4. The summed E-state index contributed by atoms with van der Waals surface area (Å²) in [5.41, 5.74) is -1.07. The van der Waals surface area contributed by atoms with Gasteiger partial charge in [0.25, 0.3) is 0 Å². The van der Waals surface area contributed by atoms with Gasteiger partial charge in [-0.15, -0.1) is 0 Å². The van der Waals surface area contributed by atoms with Crippen LogP contribution in [0.5, 0.6) is 0 Å². The zero-order chi connectivity index (χ0) is 33.6. The number of hydrogen-bond acceptors (Lipinski definition) is 13. The van der Waals surface area contributed by atoms with Crippen LogP contribution in [0.3, 0.4) is 0 Å². The summed E-state index contributed by atoms with van der Waals surface area (Å²) in [5.74, 6) is -4.41. The third-order valence-corrected chi connectivity index (χ3v) is 9.15. The van der Waals surface area contributed by atoms with Crippen molar-refractivity contribution in [2.24, 2.45) is 5.41 Å². The topological polar surface area (TPSA) is 177 Å². The Kier molecular flexibility index (Phi) is 12.4. The maximum absolute atomic E-state index is 12.9. The Morgan fingerprint density at radius 1 is 1.04 bits per heavy atom. The van der Waals surface area contributed by atoms with Crippen molar-refractivity contribution in [2.45, 2.75) is 146 Å². The van der Waals surface area contributed by atoms with Crippen molar-refractivity contribution >= 4 is 17.9 Å². The molecule has 0 amide bonds. The highest BCUT2D eigenvalue weighted by molar-refractivity contribution is 5.83. The lowest BCUT2D eigenvalue weighted by molar-refractivity contribution is -0.327. The third-order valence-electron chi connectivity index (χ3n) is 9.15. The molecule has 4 aliphatic rings. The van der Waals surface area contributed by atoms with E-state index in [2.05, 4.69) is 0 Å². The lowest BCUT2D eigenvalue weighted by Gasteiger charge is -2.51. The molecular weight excluding hydrogens is 604 g/mol. The molecule has 4 aliphatic heterocycles. The molecule has 0 aromatic carbocycles. The second-order valence-electron chi connectivity index (χ2n) is 13.4. The van der Waals surface area contributed by atoms with Crippen LogP contribution < -0.4 is 0 Å². The van der Waals surface area contributed by atoms with Gasteiger partial charge in [0.05, 0.1) is 56.8 Å². The highest BCUT2D eigenvalue weighted by Crippen LogP contribution is 2.47. The highest BCUT2D eigenvalue weighted by atomic mass is 16.7. The molecule has 3 fully saturated rings. The maximum atomic E-state index is 12.9. The maximum Gasteiger partial charge on any atom is 0.330 e. The molecule has 46 heavy (non-hydrogen) atoms. The lowest BCUT2D eigenvalue weighted by atomic mass is 9.74. The van der Waals surface area contributed by atoms with Gasteiger partial charge in [-0.1, -0.05) is 19.9 Å². The van der Waals surface area contributed by atoms with E-state index in [-0.39, 0.29) is 49.6 Å². The van der Waals surface area contributed by atoms with Crippen molar-refractivity contribution in [3.05, 3.63) is 23.8 Å². The Labute approximate surface area is 270 Å². The fourth-order valence-corrected chi connectivity index (χ4v) is 6.61. The molecule has 0 aliphatic carbocycles. The molecular formula is C33H50O13. The summed E-state index contributed by atoms with van der Waals surface area (Å²) >= 11 is 0. The van der Waals surface area contributed by atoms with E-state index in [0.29, 0.717) is 19.4 Å². The molecule has 3 N–H and O–H groups in total.